The second kappa shape index (κ2) is 13.3. The van der Waals surface area contributed by atoms with Crippen molar-refractivity contribution in [2.75, 3.05) is 18.9 Å². The van der Waals surface area contributed by atoms with Gasteiger partial charge in [-0.1, -0.05) is 54.6 Å². The Morgan fingerprint density at radius 1 is 0.977 bits per heavy atom. The molecule has 0 fully saturated rings. The van der Waals surface area contributed by atoms with Gasteiger partial charge in [0.1, 0.15) is 29.7 Å². The fourth-order valence-corrected chi connectivity index (χ4v) is 6.63. The molecule has 0 aliphatic heterocycles. The second-order valence-electron chi connectivity index (χ2n) is 10.8. The Morgan fingerprint density at radius 3 is 2.43 bits per heavy atom. The zero-order chi connectivity index (χ0) is 31.4. The molecular formula is C32H38N5O6P. The summed E-state index contributed by atoms with van der Waals surface area (Å²) >= 11 is 0. The molecule has 2 aromatic heterocycles. The lowest BCUT2D eigenvalue weighted by Crippen LogP contribution is -2.36. The predicted octanol–water partition coefficient (Wildman–Crippen LogP) is 6.55. The molecule has 0 saturated heterocycles. The van der Waals surface area contributed by atoms with E-state index in [1.165, 1.54) is 0 Å². The normalized spacial score (nSPS) is 14.6. The number of benzene rings is 3. The number of imidazole rings is 1. The van der Waals surface area contributed by atoms with Gasteiger partial charge in [0.15, 0.2) is 5.82 Å². The number of hydrogen-bond donors (Lipinski definition) is 2. The Labute approximate surface area is 256 Å². The van der Waals surface area contributed by atoms with E-state index >= 15 is 0 Å². The maximum absolute atomic E-state index is 14.4. The topological polar surface area (TPSA) is 140 Å². The Morgan fingerprint density at radius 2 is 1.68 bits per heavy atom. The molecule has 2 heterocycles. The number of nitrogens with two attached hydrogens (primary N) is 1. The van der Waals surface area contributed by atoms with Gasteiger partial charge in [-0.15, -0.1) is 0 Å². The van der Waals surface area contributed by atoms with Crippen LogP contribution in [0.25, 0.3) is 32.7 Å². The summed E-state index contributed by atoms with van der Waals surface area (Å²) in [5.74, 6) is 0.695. The second-order valence-corrected chi connectivity index (χ2v) is 12.5. The lowest BCUT2D eigenvalue weighted by atomic mass is 10.1. The Balaban J connectivity index is 1.51. The SMILES string of the molecule is CCOCc1nc2c(N)nc3ccccc3c2n1[C@H](C)COP(=O)(N[C@@H](C)C(=O)OC(C)C)Oc1cccc2ccccc12. The minimum Gasteiger partial charge on any atom is -0.462 e. The first-order valence-corrected chi connectivity index (χ1v) is 16.2. The van der Waals surface area contributed by atoms with Crippen LogP contribution in [0, 0.1) is 0 Å². The number of aromatic nitrogens is 3. The number of carbonyl (C=O) groups is 1. The maximum Gasteiger partial charge on any atom is 0.459 e. The van der Waals surface area contributed by atoms with Crippen LogP contribution in [0.3, 0.4) is 0 Å². The molecule has 0 saturated carbocycles. The predicted molar refractivity (Wildman–Crippen MR) is 171 cm³/mol. The highest BCUT2D eigenvalue weighted by atomic mass is 31.2. The van der Waals surface area contributed by atoms with Crippen LogP contribution in [0.2, 0.25) is 0 Å². The molecule has 3 aromatic carbocycles. The first-order chi connectivity index (χ1) is 21.1. The number of rotatable bonds is 13. The van der Waals surface area contributed by atoms with E-state index in [9.17, 15) is 9.36 Å². The van der Waals surface area contributed by atoms with Gasteiger partial charge in [-0.2, -0.15) is 5.09 Å². The van der Waals surface area contributed by atoms with Crippen molar-refractivity contribution < 1.29 is 27.9 Å². The molecule has 0 aliphatic carbocycles. The van der Waals surface area contributed by atoms with E-state index in [2.05, 4.69) is 10.1 Å². The standard InChI is InChI=1S/C32H38N5O6P/c1-6-40-19-28-35-29-30(25-15-9-10-16-26(25)34-31(29)33)37(28)21(4)18-41-44(39,36-22(5)32(38)42-20(2)3)43-27-17-11-13-23-12-7-8-14-24(23)27/h7-17,20-22H,6,18-19H2,1-5H3,(H2,33,34)(H,36,39)/t21-,22+,44?/m1/s1. The van der Waals surface area contributed by atoms with E-state index in [0.29, 0.717) is 29.5 Å². The van der Waals surface area contributed by atoms with Gasteiger partial charge in [0.2, 0.25) is 0 Å². The summed E-state index contributed by atoms with van der Waals surface area (Å²) in [7, 11) is -4.16. The van der Waals surface area contributed by atoms with Crippen LogP contribution in [0.1, 0.15) is 46.5 Å². The quantitative estimate of drug-likeness (QED) is 0.110. The number of nitrogens with one attached hydrogen (secondary N) is 1. The van der Waals surface area contributed by atoms with Gasteiger partial charge in [0.05, 0.1) is 29.8 Å². The van der Waals surface area contributed by atoms with Gasteiger partial charge >= 0.3 is 13.7 Å². The number of pyridine rings is 1. The molecule has 5 aromatic rings. The third-order valence-corrected chi connectivity index (χ3v) is 8.64. The summed E-state index contributed by atoms with van der Waals surface area (Å²) in [5.41, 5.74) is 8.38. The van der Waals surface area contributed by atoms with Crippen LogP contribution in [-0.2, 0) is 30.0 Å². The number of nitrogens with zero attached hydrogens (tertiary/aromatic N) is 3. The van der Waals surface area contributed by atoms with Gasteiger partial charge in [0, 0.05) is 17.4 Å². The molecule has 5 rings (SSSR count). The van der Waals surface area contributed by atoms with E-state index in [1.54, 1.807) is 26.8 Å². The molecule has 1 unspecified atom stereocenters. The summed E-state index contributed by atoms with van der Waals surface area (Å²) < 4.78 is 39.7. The fraction of sp³-hybridized carbons (Fsp3) is 0.344. The first kappa shape index (κ1) is 31.4. The maximum atomic E-state index is 14.4. The third-order valence-electron chi connectivity index (χ3n) is 7.01. The van der Waals surface area contributed by atoms with Crippen molar-refractivity contribution in [1.29, 1.82) is 0 Å². The molecule has 0 radical (unpaired) electrons. The first-order valence-electron chi connectivity index (χ1n) is 14.6. The largest absolute Gasteiger partial charge is 0.462 e. The van der Waals surface area contributed by atoms with Crippen LogP contribution in [0.4, 0.5) is 5.82 Å². The van der Waals surface area contributed by atoms with Crippen molar-refractivity contribution in [3.8, 4) is 5.75 Å². The van der Waals surface area contributed by atoms with E-state index in [0.717, 1.165) is 27.2 Å². The highest BCUT2D eigenvalue weighted by molar-refractivity contribution is 7.52. The molecule has 44 heavy (non-hydrogen) atoms. The zero-order valence-electron chi connectivity index (χ0n) is 25.5. The average molecular weight is 620 g/mol. The molecule has 0 bridgehead atoms. The summed E-state index contributed by atoms with van der Waals surface area (Å²) in [6.07, 6.45) is -0.346. The van der Waals surface area contributed by atoms with Crippen LogP contribution >= 0.6 is 7.75 Å². The molecule has 3 N–H and O–H groups in total. The number of fused-ring (bicyclic) bond motifs is 4. The van der Waals surface area contributed by atoms with Gasteiger partial charge in [-0.3, -0.25) is 9.32 Å². The molecule has 12 heteroatoms. The number of carbonyl (C=O) groups excluding carboxylic acids is 1. The summed E-state index contributed by atoms with van der Waals surface area (Å²) in [6.45, 7) is 9.52. The summed E-state index contributed by atoms with van der Waals surface area (Å²) in [5, 5.41) is 5.31. The molecule has 0 aliphatic rings. The van der Waals surface area contributed by atoms with E-state index in [4.69, 9.17) is 29.2 Å². The lowest BCUT2D eigenvalue weighted by molar-refractivity contribution is -0.149. The van der Waals surface area contributed by atoms with Crippen molar-refractivity contribution in [3.05, 3.63) is 72.6 Å². The number of esters is 1. The van der Waals surface area contributed by atoms with Crippen molar-refractivity contribution in [1.82, 2.24) is 19.6 Å². The Kier molecular flexibility index (Phi) is 9.51. The monoisotopic (exact) mass is 619 g/mol. The fourth-order valence-electron chi connectivity index (χ4n) is 5.04. The number of para-hydroxylation sites is 1. The van der Waals surface area contributed by atoms with E-state index in [-0.39, 0.29) is 19.3 Å². The van der Waals surface area contributed by atoms with Crippen molar-refractivity contribution >= 4 is 52.2 Å². The highest BCUT2D eigenvalue weighted by Crippen LogP contribution is 2.47. The van der Waals surface area contributed by atoms with Crippen molar-refractivity contribution in [2.24, 2.45) is 0 Å². The molecule has 0 amide bonds. The van der Waals surface area contributed by atoms with Gasteiger partial charge in [-0.25, -0.2) is 14.5 Å². The van der Waals surface area contributed by atoms with E-state index < -0.39 is 25.8 Å². The van der Waals surface area contributed by atoms with Crippen molar-refractivity contribution in [2.45, 2.75) is 59.4 Å². The lowest BCUT2D eigenvalue weighted by Gasteiger charge is -2.26. The number of hydrogen-bond acceptors (Lipinski definition) is 9. The highest BCUT2D eigenvalue weighted by Gasteiger charge is 2.34. The minimum atomic E-state index is -4.16. The Hall–Kier alpha value is -4.02. The van der Waals surface area contributed by atoms with Crippen LogP contribution < -0.4 is 15.3 Å². The van der Waals surface area contributed by atoms with Gasteiger partial charge in [0.25, 0.3) is 0 Å². The molecule has 11 nitrogen and oxygen atoms in total. The molecule has 232 valence electrons. The third kappa shape index (κ3) is 6.71. The summed E-state index contributed by atoms with van der Waals surface area (Å²) in [6, 6.07) is 19.3. The van der Waals surface area contributed by atoms with Gasteiger partial charge < -0.3 is 24.3 Å². The molecular weight excluding hydrogens is 581 g/mol. The Bertz CT molecular complexity index is 1840. The molecule has 0 spiro atoms. The number of nitrogen functional groups attached to an aromatic ring is 1. The van der Waals surface area contributed by atoms with Crippen LogP contribution in [0.5, 0.6) is 5.75 Å². The minimum absolute atomic E-state index is 0.0673. The van der Waals surface area contributed by atoms with Crippen LogP contribution in [-0.4, -0.2) is 45.9 Å². The average Bonchev–Trinajstić information content (AvgIpc) is 3.39. The summed E-state index contributed by atoms with van der Waals surface area (Å²) in [4.78, 5) is 22.0. The van der Waals surface area contributed by atoms with E-state index in [1.807, 2.05) is 79.1 Å². The molecule has 3 atom stereocenters. The van der Waals surface area contributed by atoms with Crippen LogP contribution in [0.15, 0.2) is 66.7 Å². The van der Waals surface area contributed by atoms with Crippen molar-refractivity contribution in [3.63, 3.8) is 0 Å². The number of ether oxygens (including phenoxy) is 2. The number of anilines is 1. The smallest absolute Gasteiger partial charge is 0.459 e. The zero-order valence-corrected chi connectivity index (χ0v) is 26.4. The van der Waals surface area contributed by atoms with Gasteiger partial charge in [-0.05, 0) is 52.1 Å².